The third-order valence-corrected chi connectivity index (χ3v) is 4.12. The molecule has 0 unspecified atom stereocenters. The highest BCUT2D eigenvalue weighted by molar-refractivity contribution is 14.1. The summed E-state index contributed by atoms with van der Waals surface area (Å²) in [5.74, 6) is -0.524. The maximum absolute atomic E-state index is 12.2. The van der Waals surface area contributed by atoms with E-state index in [2.05, 4.69) is 5.32 Å². The van der Waals surface area contributed by atoms with Crippen LogP contribution < -0.4 is 5.32 Å². The average molecular weight is 437 g/mol. The van der Waals surface area contributed by atoms with Crippen molar-refractivity contribution in [1.82, 2.24) is 0 Å². The smallest absolute Gasteiger partial charge is 0.288 e. The molecule has 0 bridgehead atoms. The normalized spacial score (nSPS) is 10.2. The lowest BCUT2D eigenvalue weighted by molar-refractivity contribution is -0.384. The van der Waals surface area contributed by atoms with Gasteiger partial charge < -0.3 is 5.32 Å². The Balaban J connectivity index is 2.33. The van der Waals surface area contributed by atoms with Crippen LogP contribution in [-0.2, 0) is 0 Å². The molecule has 1 N–H and O–H groups in total. The van der Waals surface area contributed by atoms with E-state index in [1.807, 2.05) is 22.6 Å². The predicted octanol–water partition coefficient (Wildman–Crippen LogP) is 4.76. The molecule has 2 rings (SSSR count). The van der Waals surface area contributed by atoms with Crippen LogP contribution in [-0.4, -0.2) is 10.8 Å². The predicted molar refractivity (Wildman–Crippen MR) is 90.2 cm³/mol. The molecule has 0 atom stereocenters. The highest BCUT2D eigenvalue weighted by atomic mass is 127. The van der Waals surface area contributed by atoms with Crippen LogP contribution in [0.1, 0.15) is 10.4 Å². The van der Waals surface area contributed by atoms with Crippen molar-refractivity contribution in [3.8, 4) is 0 Å². The van der Waals surface area contributed by atoms with Crippen LogP contribution in [0.4, 0.5) is 11.4 Å². The van der Waals surface area contributed by atoms with Gasteiger partial charge in [0, 0.05) is 14.7 Å². The second-order valence-corrected chi connectivity index (χ2v) is 5.95. The van der Waals surface area contributed by atoms with Gasteiger partial charge in [0.25, 0.3) is 11.6 Å². The number of hydrogen-bond donors (Lipinski definition) is 1. The zero-order valence-electron chi connectivity index (χ0n) is 10.3. The van der Waals surface area contributed by atoms with E-state index < -0.39 is 10.8 Å². The lowest BCUT2D eigenvalue weighted by atomic mass is 10.2. The number of benzene rings is 2. The number of halogens is 3. The molecule has 0 heterocycles. The molecular weight excluding hydrogens is 430 g/mol. The van der Waals surface area contributed by atoms with Gasteiger partial charge >= 0.3 is 0 Å². The molecule has 0 aromatic heterocycles. The summed E-state index contributed by atoms with van der Waals surface area (Å²) in [6, 6.07) is 9.04. The Morgan fingerprint density at radius 1 is 1.24 bits per heavy atom. The van der Waals surface area contributed by atoms with Crippen LogP contribution in [0.3, 0.4) is 0 Å². The fourth-order valence-corrected chi connectivity index (χ4v) is 2.90. The van der Waals surface area contributed by atoms with Gasteiger partial charge in [-0.3, -0.25) is 14.9 Å². The SMILES string of the molecule is O=C(Nc1ccc(Cl)cc1I)c1cccc([N+](=O)[O-])c1Cl. The Bertz CT molecular complexity index is 737. The van der Waals surface area contributed by atoms with Crippen molar-refractivity contribution in [1.29, 1.82) is 0 Å². The van der Waals surface area contributed by atoms with Gasteiger partial charge in [0.1, 0.15) is 5.02 Å². The van der Waals surface area contributed by atoms with E-state index in [1.165, 1.54) is 18.2 Å². The zero-order chi connectivity index (χ0) is 15.6. The second-order valence-electron chi connectivity index (χ2n) is 3.97. The summed E-state index contributed by atoms with van der Waals surface area (Å²) >= 11 is 13.8. The van der Waals surface area contributed by atoms with Crippen LogP contribution in [0.25, 0.3) is 0 Å². The van der Waals surface area contributed by atoms with Gasteiger partial charge in [0.15, 0.2) is 0 Å². The minimum Gasteiger partial charge on any atom is -0.321 e. The van der Waals surface area contributed by atoms with Gasteiger partial charge in [-0.1, -0.05) is 29.3 Å². The summed E-state index contributed by atoms with van der Waals surface area (Å²) in [6.07, 6.45) is 0. The van der Waals surface area contributed by atoms with E-state index in [0.717, 1.165) is 3.57 Å². The Kier molecular flexibility index (Phi) is 5.02. The monoisotopic (exact) mass is 436 g/mol. The Morgan fingerprint density at radius 3 is 2.57 bits per heavy atom. The topological polar surface area (TPSA) is 72.2 Å². The van der Waals surface area contributed by atoms with Crippen molar-refractivity contribution in [2.75, 3.05) is 5.32 Å². The number of nitrogens with one attached hydrogen (secondary N) is 1. The number of rotatable bonds is 3. The summed E-state index contributed by atoms with van der Waals surface area (Å²) in [7, 11) is 0. The van der Waals surface area contributed by atoms with Crippen LogP contribution in [0, 0.1) is 13.7 Å². The quantitative estimate of drug-likeness (QED) is 0.428. The molecule has 0 spiro atoms. The maximum Gasteiger partial charge on any atom is 0.288 e. The number of anilines is 1. The van der Waals surface area contributed by atoms with E-state index >= 15 is 0 Å². The van der Waals surface area contributed by atoms with Gasteiger partial charge in [0.05, 0.1) is 16.2 Å². The molecule has 8 heteroatoms. The van der Waals surface area contributed by atoms with Crippen molar-refractivity contribution in [2.45, 2.75) is 0 Å². The molecule has 0 saturated heterocycles. The molecule has 0 aliphatic heterocycles. The van der Waals surface area contributed by atoms with Crippen LogP contribution in [0.5, 0.6) is 0 Å². The molecule has 21 heavy (non-hydrogen) atoms. The van der Waals surface area contributed by atoms with Crippen molar-refractivity contribution < 1.29 is 9.72 Å². The molecule has 0 radical (unpaired) electrons. The molecule has 1 amide bonds. The second kappa shape index (κ2) is 6.59. The number of carbonyl (C=O) groups excluding carboxylic acids is 1. The summed E-state index contributed by atoms with van der Waals surface area (Å²) < 4.78 is 0.745. The molecular formula is C13H7Cl2IN2O3. The van der Waals surface area contributed by atoms with E-state index in [4.69, 9.17) is 23.2 Å². The molecule has 5 nitrogen and oxygen atoms in total. The van der Waals surface area contributed by atoms with E-state index in [9.17, 15) is 14.9 Å². The number of carbonyl (C=O) groups is 1. The highest BCUT2D eigenvalue weighted by Crippen LogP contribution is 2.29. The average Bonchev–Trinajstić information content (AvgIpc) is 2.41. The van der Waals surface area contributed by atoms with Gasteiger partial charge in [0.2, 0.25) is 0 Å². The van der Waals surface area contributed by atoms with Gasteiger partial charge in [-0.05, 0) is 46.9 Å². The number of nitro groups is 1. The molecule has 0 aliphatic carbocycles. The summed E-state index contributed by atoms with van der Waals surface area (Å²) in [5.41, 5.74) is 0.277. The first kappa shape index (κ1) is 16.0. The highest BCUT2D eigenvalue weighted by Gasteiger charge is 2.20. The van der Waals surface area contributed by atoms with Gasteiger partial charge in [-0.15, -0.1) is 0 Å². The van der Waals surface area contributed by atoms with Gasteiger partial charge in [-0.2, -0.15) is 0 Å². The van der Waals surface area contributed by atoms with Crippen molar-refractivity contribution in [3.63, 3.8) is 0 Å². The number of nitrogens with zero attached hydrogens (tertiary/aromatic N) is 1. The number of amides is 1. The molecule has 0 saturated carbocycles. The minimum absolute atomic E-state index is 0.0385. The Hall–Kier alpha value is -1.38. The zero-order valence-corrected chi connectivity index (χ0v) is 13.9. The molecule has 2 aromatic rings. The third kappa shape index (κ3) is 3.63. The lowest BCUT2D eigenvalue weighted by Crippen LogP contribution is -2.13. The van der Waals surface area contributed by atoms with Crippen molar-refractivity contribution in [3.05, 3.63) is 65.7 Å². The molecule has 0 fully saturated rings. The van der Waals surface area contributed by atoms with Crippen LogP contribution in [0.2, 0.25) is 10.0 Å². The molecule has 2 aromatic carbocycles. The Morgan fingerprint density at radius 2 is 1.95 bits per heavy atom. The van der Waals surface area contributed by atoms with E-state index in [-0.39, 0.29) is 16.3 Å². The number of hydrogen-bond acceptors (Lipinski definition) is 3. The van der Waals surface area contributed by atoms with Crippen molar-refractivity contribution in [2.24, 2.45) is 0 Å². The van der Waals surface area contributed by atoms with Crippen molar-refractivity contribution >= 4 is 63.1 Å². The Labute approximate surface area is 143 Å². The minimum atomic E-state index is -0.634. The van der Waals surface area contributed by atoms with E-state index in [0.29, 0.717) is 10.7 Å². The largest absolute Gasteiger partial charge is 0.321 e. The van der Waals surface area contributed by atoms with Crippen LogP contribution >= 0.6 is 45.8 Å². The fraction of sp³-hybridized carbons (Fsp3) is 0. The molecule has 0 aliphatic rings. The first-order chi connectivity index (χ1) is 9.90. The lowest BCUT2D eigenvalue weighted by Gasteiger charge is -2.09. The molecule has 108 valence electrons. The summed E-state index contributed by atoms with van der Waals surface area (Å²) in [4.78, 5) is 22.4. The standard InChI is InChI=1S/C13H7Cl2IN2O3/c14-7-4-5-10(9(16)6-7)17-13(19)8-2-1-3-11(12(8)15)18(20)21/h1-6H,(H,17,19). The first-order valence-electron chi connectivity index (χ1n) is 5.59. The third-order valence-electron chi connectivity index (χ3n) is 2.60. The van der Waals surface area contributed by atoms with Gasteiger partial charge in [-0.25, -0.2) is 0 Å². The fourth-order valence-electron chi connectivity index (χ4n) is 1.62. The number of nitro benzene ring substituents is 1. The van der Waals surface area contributed by atoms with E-state index in [1.54, 1.807) is 18.2 Å². The maximum atomic E-state index is 12.2. The first-order valence-corrected chi connectivity index (χ1v) is 7.43. The summed E-state index contributed by atoms with van der Waals surface area (Å²) in [5, 5.41) is 13.8. The van der Waals surface area contributed by atoms with Crippen LogP contribution in [0.15, 0.2) is 36.4 Å². The summed E-state index contributed by atoms with van der Waals surface area (Å²) in [6.45, 7) is 0.